The third-order valence-corrected chi connectivity index (χ3v) is 5.57. The molecule has 2 amide bonds. The Morgan fingerprint density at radius 1 is 1.05 bits per heavy atom. The standard InChI is InChI=1S/C28H25N3O6/c1-3-8-21-15-20(16-24-27(32)29-30(28(24)33)22-9-6-5-7-10-22)17-25(36-4-2)26(21)37-18-19-11-13-23(14-12-19)31(34)35/h3,5-7,9-17H,1,4,8,18H2,2H3,(H,29,32). The Hall–Kier alpha value is -4.92. The maximum absolute atomic E-state index is 13.0. The minimum atomic E-state index is -0.504. The highest BCUT2D eigenvalue weighted by atomic mass is 16.6. The van der Waals surface area contributed by atoms with E-state index in [1.807, 2.05) is 19.1 Å². The first kappa shape index (κ1) is 25.2. The Morgan fingerprint density at radius 3 is 2.43 bits per heavy atom. The number of nitro groups is 1. The lowest BCUT2D eigenvalue weighted by atomic mass is 10.0. The number of nitrogens with zero attached hydrogens (tertiary/aromatic N) is 2. The number of rotatable bonds is 10. The van der Waals surface area contributed by atoms with Crippen molar-refractivity contribution in [2.45, 2.75) is 20.0 Å². The predicted molar refractivity (Wildman–Crippen MR) is 139 cm³/mol. The van der Waals surface area contributed by atoms with Crippen molar-refractivity contribution in [2.24, 2.45) is 0 Å². The first-order valence-electron chi connectivity index (χ1n) is 11.6. The Labute approximate surface area is 213 Å². The number of hydrazine groups is 1. The summed E-state index contributed by atoms with van der Waals surface area (Å²) in [6, 6.07) is 18.5. The fourth-order valence-corrected chi connectivity index (χ4v) is 3.85. The Morgan fingerprint density at radius 2 is 1.78 bits per heavy atom. The van der Waals surface area contributed by atoms with Gasteiger partial charge in [0, 0.05) is 17.7 Å². The van der Waals surface area contributed by atoms with Gasteiger partial charge in [-0.1, -0.05) is 24.3 Å². The van der Waals surface area contributed by atoms with E-state index in [2.05, 4.69) is 12.0 Å². The molecule has 3 aromatic carbocycles. The summed E-state index contributed by atoms with van der Waals surface area (Å²) in [4.78, 5) is 36.1. The fourth-order valence-electron chi connectivity index (χ4n) is 3.85. The summed E-state index contributed by atoms with van der Waals surface area (Å²) in [5, 5.41) is 12.1. The maximum atomic E-state index is 13.0. The molecule has 0 saturated carbocycles. The summed E-state index contributed by atoms with van der Waals surface area (Å²) in [5.41, 5.74) is 5.24. The quantitative estimate of drug-likeness (QED) is 0.142. The molecule has 0 bridgehead atoms. The summed E-state index contributed by atoms with van der Waals surface area (Å²) in [7, 11) is 0. The number of hydrogen-bond acceptors (Lipinski definition) is 6. The van der Waals surface area contributed by atoms with Crippen LogP contribution in [0.3, 0.4) is 0 Å². The fraction of sp³-hybridized carbons (Fsp3) is 0.143. The van der Waals surface area contributed by atoms with E-state index in [0.29, 0.717) is 35.8 Å². The molecule has 0 aromatic heterocycles. The topological polar surface area (TPSA) is 111 Å². The van der Waals surface area contributed by atoms with Crippen molar-refractivity contribution in [3.63, 3.8) is 0 Å². The average Bonchev–Trinajstić information content (AvgIpc) is 3.17. The van der Waals surface area contributed by atoms with Gasteiger partial charge in [0.05, 0.1) is 17.2 Å². The lowest BCUT2D eigenvalue weighted by molar-refractivity contribution is -0.384. The first-order valence-corrected chi connectivity index (χ1v) is 11.6. The van der Waals surface area contributed by atoms with Crippen molar-refractivity contribution >= 4 is 29.3 Å². The molecule has 0 atom stereocenters. The minimum Gasteiger partial charge on any atom is -0.490 e. The average molecular weight is 500 g/mol. The highest BCUT2D eigenvalue weighted by Gasteiger charge is 2.34. The van der Waals surface area contributed by atoms with Crippen molar-refractivity contribution in [2.75, 3.05) is 11.6 Å². The molecule has 1 N–H and O–H groups in total. The van der Waals surface area contributed by atoms with Gasteiger partial charge in [0.15, 0.2) is 11.5 Å². The molecular formula is C28H25N3O6. The molecule has 0 unspecified atom stereocenters. The van der Waals surface area contributed by atoms with Crippen LogP contribution in [0.1, 0.15) is 23.6 Å². The molecule has 188 valence electrons. The van der Waals surface area contributed by atoms with Crippen LogP contribution in [-0.4, -0.2) is 23.3 Å². The van der Waals surface area contributed by atoms with Crippen molar-refractivity contribution in [1.29, 1.82) is 0 Å². The van der Waals surface area contributed by atoms with Gasteiger partial charge in [0.25, 0.3) is 17.5 Å². The molecule has 4 rings (SSSR count). The number of non-ortho nitro benzene ring substituents is 1. The summed E-state index contributed by atoms with van der Waals surface area (Å²) < 4.78 is 11.9. The zero-order valence-corrected chi connectivity index (χ0v) is 20.2. The predicted octanol–water partition coefficient (Wildman–Crippen LogP) is 4.76. The number of benzene rings is 3. The third-order valence-electron chi connectivity index (χ3n) is 5.57. The lowest BCUT2D eigenvalue weighted by Gasteiger charge is -2.17. The van der Waals surface area contributed by atoms with Gasteiger partial charge < -0.3 is 9.47 Å². The van der Waals surface area contributed by atoms with Crippen LogP contribution in [0.4, 0.5) is 11.4 Å². The highest BCUT2D eigenvalue weighted by molar-refractivity contribution is 6.31. The molecule has 1 aliphatic heterocycles. The van der Waals surface area contributed by atoms with E-state index in [0.717, 1.165) is 11.1 Å². The Bertz CT molecular complexity index is 1370. The zero-order chi connectivity index (χ0) is 26.4. The van der Waals surface area contributed by atoms with Gasteiger partial charge in [-0.15, -0.1) is 6.58 Å². The van der Waals surface area contributed by atoms with Crippen molar-refractivity contribution in [1.82, 2.24) is 5.43 Å². The molecule has 0 spiro atoms. The number of allylic oxidation sites excluding steroid dienone is 1. The maximum Gasteiger partial charge on any atom is 0.282 e. The summed E-state index contributed by atoms with van der Waals surface area (Å²) in [6.45, 7) is 6.18. The SMILES string of the molecule is C=CCc1cc(C=C2C(=O)NN(c3ccccc3)C2=O)cc(OCC)c1OCc1ccc([N+](=O)[O-])cc1. The van der Waals surface area contributed by atoms with Crippen molar-refractivity contribution in [3.8, 4) is 11.5 Å². The van der Waals surface area contributed by atoms with Crippen LogP contribution in [0, 0.1) is 10.1 Å². The minimum absolute atomic E-state index is 0.000168. The molecule has 9 heteroatoms. The van der Waals surface area contributed by atoms with Gasteiger partial charge in [-0.25, -0.2) is 5.01 Å². The summed E-state index contributed by atoms with van der Waals surface area (Å²) >= 11 is 0. The molecule has 1 saturated heterocycles. The number of nitrogens with one attached hydrogen (secondary N) is 1. The first-order chi connectivity index (χ1) is 17.9. The number of carbonyl (C=O) groups is 2. The number of amides is 2. The molecule has 0 radical (unpaired) electrons. The second-order valence-corrected chi connectivity index (χ2v) is 8.12. The highest BCUT2D eigenvalue weighted by Crippen LogP contribution is 2.36. The number of hydrogen-bond donors (Lipinski definition) is 1. The Balaban J connectivity index is 1.64. The van der Waals surface area contributed by atoms with E-state index in [1.54, 1.807) is 48.5 Å². The molecule has 37 heavy (non-hydrogen) atoms. The second kappa shape index (κ2) is 11.2. The molecule has 1 aliphatic rings. The van der Waals surface area contributed by atoms with Gasteiger partial charge in [0.1, 0.15) is 12.2 Å². The number of carbonyl (C=O) groups excluding carboxylic acids is 2. The number of ether oxygens (including phenoxy) is 2. The van der Waals surface area contributed by atoms with E-state index >= 15 is 0 Å². The third kappa shape index (κ3) is 5.67. The molecule has 1 heterocycles. The summed E-state index contributed by atoms with van der Waals surface area (Å²) in [6.07, 6.45) is 3.68. The van der Waals surface area contributed by atoms with E-state index in [1.165, 1.54) is 23.2 Å². The second-order valence-electron chi connectivity index (χ2n) is 8.12. The van der Waals surface area contributed by atoms with Gasteiger partial charge in [-0.3, -0.25) is 25.1 Å². The van der Waals surface area contributed by atoms with Crippen LogP contribution in [-0.2, 0) is 22.6 Å². The number of nitro benzene ring substituents is 1. The van der Waals surface area contributed by atoms with Crippen LogP contribution < -0.4 is 19.9 Å². The van der Waals surface area contributed by atoms with E-state index in [4.69, 9.17) is 9.47 Å². The van der Waals surface area contributed by atoms with E-state index < -0.39 is 16.7 Å². The van der Waals surface area contributed by atoms with Gasteiger partial charge in [-0.05, 0) is 66.9 Å². The van der Waals surface area contributed by atoms with Crippen LogP contribution in [0.15, 0.2) is 85.0 Å². The van der Waals surface area contributed by atoms with Crippen molar-refractivity contribution in [3.05, 3.63) is 112 Å². The van der Waals surface area contributed by atoms with Crippen LogP contribution in [0.2, 0.25) is 0 Å². The van der Waals surface area contributed by atoms with Gasteiger partial charge in [-0.2, -0.15) is 0 Å². The van der Waals surface area contributed by atoms with E-state index in [-0.39, 0.29) is 17.9 Å². The normalized spacial score (nSPS) is 14.0. The Kier molecular flexibility index (Phi) is 7.63. The zero-order valence-electron chi connectivity index (χ0n) is 20.2. The van der Waals surface area contributed by atoms with Gasteiger partial charge in [0.2, 0.25) is 0 Å². The molecule has 9 nitrogen and oxygen atoms in total. The van der Waals surface area contributed by atoms with Crippen molar-refractivity contribution < 1.29 is 24.0 Å². The largest absolute Gasteiger partial charge is 0.490 e. The monoisotopic (exact) mass is 499 g/mol. The molecule has 3 aromatic rings. The van der Waals surface area contributed by atoms with Crippen LogP contribution in [0.5, 0.6) is 11.5 Å². The summed E-state index contributed by atoms with van der Waals surface area (Å²) in [5.74, 6) is -0.0229. The van der Waals surface area contributed by atoms with Crippen LogP contribution in [0.25, 0.3) is 6.08 Å². The molecule has 1 fully saturated rings. The smallest absolute Gasteiger partial charge is 0.282 e. The molecular weight excluding hydrogens is 474 g/mol. The van der Waals surface area contributed by atoms with Crippen LogP contribution >= 0.6 is 0 Å². The lowest BCUT2D eigenvalue weighted by Crippen LogP contribution is -2.35. The van der Waals surface area contributed by atoms with E-state index in [9.17, 15) is 19.7 Å². The molecule has 0 aliphatic carbocycles. The number of anilines is 1. The number of para-hydroxylation sites is 1. The van der Waals surface area contributed by atoms with Gasteiger partial charge >= 0.3 is 0 Å².